The van der Waals surface area contributed by atoms with Crippen LogP contribution in [0.15, 0.2) is 48.8 Å². The lowest BCUT2D eigenvalue weighted by atomic mass is 9.91. The molecule has 1 fully saturated rings. The van der Waals surface area contributed by atoms with E-state index in [0.717, 1.165) is 53.2 Å². The number of hydrogen-bond donors (Lipinski definition) is 2. The second-order valence-corrected chi connectivity index (χ2v) is 8.27. The van der Waals surface area contributed by atoms with Crippen molar-refractivity contribution < 1.29 is 9.53 Å². The maximum atomic E-state index is 11.3. The van der Waals surface area contributed by atoms with Crippen molar-refractivity contribution in [3.8, 4) is 17.0 Å². The third-order valence-corrected chi connectivity index (χ3v) is 6.05. The molecule has 0 radical (unpaired) electrons. The van der Waals surface area contributed by atoms with Gasteiger partial charge >= 0.3 is 0 Å². The number of aromatic nitrogens is 4. The molecule has 1 aliphatic carbocycles. The Bertz CT molecular complexity index is 1280. The summed E-state index contributed by atoms with van der Waals surface area (Å²) in [6.45, 7) is 1.57. The minimum absolute atomic E-state index is 0.0334. The fourth-order valence-electron chi connectivity index (χ4n) is 4.52. The summed E-state index contributed by atoms with van der Waals surface area (Å²) in [6.07, 6.45) is 7.53. The van der Waals surface area contributed by atoms with Crippen molar-refractivity contribution in [3.05, 3.63) is 48.8 Å². The fourth-order valence-corrected chi connectivity index (χ4v) is 4.52. The molecule has 1 saturated carbocycles. The molecule has 0 unspecified atom stereocenters. The average molecular weight is 431 g/mol. The van der Waals surface area contributed by atoms with E-state index in [1.807, 2.05) is 28.9 Å². The van der Waals surface area contributed by atoms with Crippen LogP contribution in [0.2, 0.25) is 0 Å². The van der Waals surface area contributed by atoms with E-state index in [9.17, 15) is 4.79 Å². The zero-order valence-electron chi connectivity index (χ0n) is 18.2. The molecular weight excluding hydrogens is 404 g/mol. The molecule has 4 aromatic rings. The molecular formula is C24H26N6O2. The number of ether oxygens (including phenoxy) is 1. The molecule has 0 atom stereocenters. The topological polar surface area (TPSA) is 93.4 Å². The van der Waals surface area contributed by atoms with Gasteiger partial charge in [0.25, 0.3) is 0 Å². The third-order valence-electron chi connectivity index (χ3n) is 6.05. The summed E-state index contributed by atoms with van der Waals surface area (Å²) in [6, 6.07) is 12.8. The Balaban J connectivity index is 1.41. The molecule has 0 spiro atoms. The molecule has 2 N–H and O–H groups in total. The maximum Gasteiger partial charge on any atom is 0.244 e. The van der Waals surface area contributed by atoms with E-state index in [1.54, 1.807) is 20.2 Å². The second kappa shape index (κ2) is 8.45. The predicted octanol–water partition coefficient (Wildman–Crippen LogP) is 3.81. The summed E-state index contributed by atoms with van der Waals surface area (Å²) >= 11 is 0. The van der Waals surface area contributed by atoms with Gasteiger partial charge in [0.05, 0.1) is 12.6 Å². The molecule has 0 aliphatic heterocycles. The molecule has 3 heterocycles. The molecule has 1 aromatic carbocycles. The van der Waals surface area contributed by atoms with Crippen molar-refractivity contribution in [3.63, 3.8) is 0 Å². The average Bonchev–Trinajstić information content (AvgIpc) is 3.23. The summed E-state index contributed by atoms with van der Waals surface area (Å²) < 4.78 is 7.47. The molecule has 8 nitrogen and oxygen atoms in total. The lowest BCUT2D eigenvalue weighted by Crippen LogP contribution is -2.39. The van der Waals surface area contributed by atoms with Crippen LogP contribution in [0.3, 0.4) is 0 Å². The monoisotopic (exact) mass is 430 g/mol. The maximum absolute atomic E-state index is 11.3. The Labute approximate surface area is 186 Å². The molecule has 0 bridgehead atoms. The summed E-state index contributed by atoms with van der Waals surface area (Å²) in [5.41, 5.74) is 3.86. The van der Waals surface area contributed by atoms with Crippen LogP contribution in [-0.2, 0) is 4.79 Å². The van der Waals surface area contributed by atoms with Crippen LogP contribution >= 0.6 is 0 Å². The fraction of sp³-hybridized carbons (Fsp3) is 0.333. The van der Waals surface area contributed by atoms with Crippen LogP contribution in [0.4, 0.5) is 5.95 Å². The normalized spacial score (nSPS) is 18.6. The third kappa shape index (κ3) is 3.95. The van der Waals surface area contributed by atoms with Gasteiger partial charge in [-0.25, -0.2) is 4.52 Å². The lowest BCUT2D eigenvalue weighted by molar-refractivity contribution is -0.119. The minimum Gasteiger partial charge on any atom is -0.479 e. The molecule has 164 valence electrons. The van der Waals surface area contributed by atoms with E-state index in [0.29, 0.717) is 11.8 Å². The predicted molar refractivity (Wildman–Crippen MR) is 124 cm³/mol. The Morgan fingerprint density at radius 1 is 1.12 bits per heavy atom. The standard InChI is InChI=1S/C24H26N6O2/c1-15(31)26-18-6-8-19(9-7-18)27-24-28-23(32-2)22-20(11-13-30(22)29-24)16-5-10-21-17(14-16)4-3-12-25-21/h3-5,10-14,18-19H,6-9H2,1-2H3,(H,26,31)(H,27,29)/t18-,19+. The first-order chi connectivity index (χ1) is 15.6. The van der Waals surface area contributed by atoms with Crippen molar-refractivity contribution in [1.29, 1.82) is 0 Å². The van der Waals surface area contributed by atoms with E-state index in [-0.39, 0.29) is 18.0 Å². The molecule has 0 saturated heterocycles. The number of carbonyl (C=O) groups is 1. The van der Waals surface area contributed by atoms with Crippen molar-refractivity contribution in [2.45, 2.75) is 44.7 Å². The zero-order valence-corrected chi connectivity index (χ0v) is 18.2. The first-order valence-corrected chi connectivity index (χ1v) is 10.9. The highest BCUT2D eigenvalue weighted by molar-refractivity contribution is 5.90. The van der Waals surface area contributed by atoms with Crippen LogP contribution in [0.5, 0.6) is 5.88 Å². The Hall–Kier alpha value is -3.68. The van der Waals surface area contributed by atoms with Crippen LogP contribution in [0, 0.1) is 0 Å². The van der Waals surface area contributed by atoms with E-state index < -0.39 is 0 Å². The Morgan fingerprint density at radius 2 is 1.94 bits per heavy atom. The highest BCUT2D eigenvalue weighted by Crippen LogP contribution is 2.33. The van der Waals surface area contributed by atoms with Gasteiger partial charge in [0.2, 0.25) is 17.7 Å². The number of methoxy groups -OCH3 is 1. The van der Waals surface area contributed by atoms with Gasteiger partial charge in [-0.05, 0) is 55.5 Å². The van der Waals surface area contributed by atoms with Gasteiger partial charge in [-0.2, -0.15) is 4.98 Å². The van der Waals surface area contributed by atoms with E-state index >= 15 is 0 Å². The Kier molecular flexibility index (Phi) is 5.34. The van der Waals surface area contributed by atoms with Gasteiger partial charge in [0.15, 0.2) is 0 Å². The quantitative estimate of drug-likeness (QED) is 0.500. The number of benzene rings is 1. The Morgan fingerprint density at radius 3 is 2.72 bits per heavy atom. The van der Waals surface area contributed by atoms with Gasteiger partial charge in [0.1, 0.15) is 5.52 Å². The summed E-state index contributed by atoms with van der Waals surface area (Å²) in [7, 11) is 1.63. The summed E-state index contributed by atoms with van der Waals surface area (Å²) in [5.74, 6) is 1.11. The van der Waals surface area contributed by atoms with Crippen LogP contribution in [0.25, 0.3) is 27.5 Å². The van der Waals surface area contributed by atoms with Gasteiger partial charge in [-0.3, -0.25) is 9.78 Å². The number of rotatable bonds is 5. The zero-order chi connectivity index (χ0) is 22.1. The highest BCUT2D eigenvalue weighted by atomic mass is 16.5. The lowest BCUT2D eigenvalue weighted by Gasteiger charge is -2.29. The number of nitrogens with zero attached hydrogens (tertiary/aromatic N) is 4. The number of carbonyl (C=O) groups excluding carboxylic acids is 1. The summed E-state index contributed by atoms with van der Waals surface area (Å²) in [4.78, 5) is 20.3. The second-order valence-electron chi connectivity index (χ2n) is 8.27. The number of fused-ring (bicyclic) bond motifs is 2. The number of nitrogens with one attached hydrogen (secondary N) is 2. The van der Waals surface area contributed by atoms with Crippen molar-refractivity contribution in [2.75, 3.05) is 12.4 Å². The largest absolute Gasteiger partial charge is 0.479 e. The van der Waals surface area contributed by atoms with Gasteiger partial charge in [0, 0.05) is 42.4 Å². The molecule has 1 aliphatic rings. The molecule has 5 rings (SSSR count). The van der Waals surface area contributed by atoms with Gasteiger partial charge in [-0.1, -0.05) is 12.1 Å². The van der Waals surface area contributed by atoms with Gasteiger partial charge in [-0.15, -0.1) is 5.10 Å². The van der Waals surface area contributed by atoms with Crippen LogP contribution in [0.1, 0.15) is 32.6 Å². The van der Waals surface area contributed by atoms with E-state index in [1.165, 1.54) is 0 Å². The number of hydrogen-bond acceptors (Lipinski definition) is 6. The summed E-state index contributed by atoms with van der Waals surface area (Å²) in [5, 5.41) is 12.2. The van der Waals surface area contributed by atoms with Crippen LogP contribution < -0.4 is 15.4 Å². The SMILES string of the molecule is COc1nc(N[C@H]2CC[C@@H](NC(C)=O)CC2)nn2ccc(-c3ccc4ncccc4c3)c12. The minimum atomic E-state index is 0.0334. The number of pyridine rings is 1. The van der Waals surface area contributed by atoms with Crippen molar-refractivity contribution >= 4 is 28.3 Å². The van der Waals surface area contributed by atoms with E-state index in [2.05, 4.69) is 43.9 Å². The van der Waals surface area contributed by atoms with Crippen LogP contribution in [-0.4, -0.2) is 44.7 Å². The molecule has 32 heavy (non-hydrogen) atoms. The molecule has 1 amide bonds. The first-order valence-electron chi connectivity index (χ1n) is 10.9. The number of amides is 1. The number of anilines is 1. The van der Waals surface area contributed by atoms with E-state index in [4.69, 9.17) is 4.74 Å². The highest BCUT2D eigenvalue weighted by Gasteiger charge is 2.23. The molecule has 3 aromatic heterocycles. The van der Waals surface area contributed by atoms with Crippen molar-refractivity contribution in [2.24, 2.45) is 0 Å². The van der Waals surface area contributed by atoms with Gasteiger partial charge < -0.3 is 15.4 Å². The van der Waals surface area contributed by atoms with Crippen molar-refractivity contribution in [1.82, 2.24) is 24.9 Å². The molecule has 8 heteroatoms. The smallest absolute Gasteiger partial charge is 0.244 e. The first kappa shape index (κ1) is 20.2.